The van der Waals surface area contributed by atoms with Crippen LogP contribution in [0.25, 0.3) is 10.9 Å². The standard InChI is InChI=1S/C16H15N3/c1-11-6-8-14(9-7-11)18-16-17-10-13-5-3-4-12(2)15(13)19-16/h3-10H,1-2H3,(H,17,18,19). The predicted octanol–water partition coefficient (Wildman–Crippen LogP) is 3.99. The van der Waals surface area contributed by atoms with Crippen LogP contribution in [0, 0.1) is 13.8 Å². The van der Waals surface area contributed by atoms with E-state index in [1.54, 1.807) is 0 Å². The monoisotopic (exact) mass is 249 g/mol. The van der Waals surface area contributed by atoms with Gasteiger partial charge in [-0.3, -0.25) is 0 Å². The third-order valence-corrected chi connectivity index (χ3v) is 3.12. The average Bonchev–Trinajstić information content (AvgIpc) is 2.42. The van der Waals surface area contributed by atoms with Gasteiger partial charge < -0.3 is 5.32 Å². The van der Waals surface area contributed by atoms with E-state index in [0.717, 1.165) is 22.2 Å². The minimum absolute atomic E-state index is 0.630. The predicted molar refractivity (Wildman–Crippen MR) is 78.7 cm³/mol. The third kappa shape index (κ3) is 2.40. The Hall–Kier alpha value is -2.42. The van der Waals surface area contributed by atoms with Crippen molar-refractivity contribution in [1.82, 2.24) is 9.97 Å². The molecule has 1 N–H and O–H groups in total. The van der Waals surface area contributed by atoms with Gasteiger partial charge in [-0.25, -0.2) is 9.97 Å². The van der Waals surface area contributed by atoms with Crippen molar-refractivity contribution in [3.05, 3.63) is 59.8 Å². The molecule has 0 aliphatic heterocycles. The summed E-state index contributed by atoms with van der Waals surface area (Å²) in [6.07, 6.45) is 1.85. The average molecular weight is 249 g/mol. The van der Waals surface area contributed by atoms with Crippen molar-refractivity contribution < 1.29 is 0 Å². The summed E-state index contributed by atoms with van der Waals surface area (Å²) >= 11 is 0. The fourth-order valence-electron chi connectivity index (χ4n) is 2.03. The Morgan fingerprint density at radius 2 is 1.74 bits per heavy atom. The molecule has 0 bridgehead atoms. The van der Waals surface area contributed by atoms with Gasteiger partial charge in [0.25, 0.3) is 0 Å². The minimum atomic E-state index is 0.630. The van der Waals surface area contributed by atoms with E-state index in [-0.39, 0.29) is 0 Å². The first kappa shape index (κ1) is 11.7. The van der Waals surface area contributed by atoms with Crippen molar-refractivity contribution in [1.29, 1.82) is 0 Å². The molecule has 0 saturated carbocycles. The lowest BCUT2D eigenvalue weighted by Gasteiger charge is -2.07. The molecular formula is C16H15N3. The highest BCUT2D eigenvalue weighted by Crippen LogP contribution is 2.19. The van der Waals surface area contributed by atoms with E-state index in [9.17, 15) is 0 Å². The van der Waals surface area contributed by atoms with Gasteiger partial charge in [-0.2, -0.15) is 0 Å². The van der Waals surface area contributed by atoms with Gasteiger partial charge in [0.2, 0.25) is 5.95 Å². The summed E-state index contributed by atoms with van der Waals surface area (Å²) < 4.78 is 0. The number of hydrogen-bond acceptors (Lipinski definition) is 3. The van der Waals surface area contributed by atoms with Crippen LogP contribution >= 0.6 is 0 Å². The summed E-state index contributed by atoms with van der Waals surface area (Å²) in [6, 6.07) is 14.3. The van der Waals surface area contributed by atoms with Gasteiger partial charge in [0, 0.05) is 17.3 Å². The van der Waals surface area contributed by atoms with E-state index < -0.39 is 0 Å². The summed E-state index contributed by atoms with van der Waals surface area (Å²) in [5, 5.41) is 4.29. The van der Waals surface area contributed by atoms with Crippen LogP contribution in [0.4, 0.5) is 11.6 Å². The van der Waals surface area contributed by atoms with E-state index in [4.69, 9.17) is 0 Å². The largest absolute Gasteiger partial charge is 0.324 e. The number of hydrogen-bond donors (Lipinski definition) is 1. The smallest absolute Gasteiger partial charge is 0.227 e. The highest BCUT2D eigenvalue weighted by Gasteiger charge is 2.02. The number of nitrogens with zero attached hydrogens (tertiary/aromatic N) is 2. The molecule has 0 spiro atoms. The zero-order valence-electron chi connectivity index (χ0n) is 11.0. The molecular weight excluding hydrogens is 234 g/mol. The molecule has 19 heavy (non-hydrogen) atoms. The van der Waals surface area contributed by atoms with E-state index in [2.05, 4.69) is 47.3 Å². The zero-order chi connectivity index (χ0) is 13.2. The molecule has 0 aliphatic rings. The molecule has 3 heteroatoms. The maximum Gasteiger partial charge on any atom is 0.227 e. The Kier molecular flexibility index (Phi) is 2.88. The third-order valence-electron chi connectivity index (χ3n) is 3.12. The lowest BCUT2D eigenvalue weighted by molar-refractivity contribution is 1.20. The van der Waals surface area contributed by atoms with Crippen molar-refractivity contribution in [3.63, 3.8) is 0 Å². The van der Waals surface area contributed by atoms with Crippen LogP contribution in [0.15, 0.2) is 48.7 Å². The van der Waals surface area contributed by atoms with Crippen LogP contribution < -0.4 is 5.32 Å². The van der Waals surface area contributed by atoms with Crippen molar-refractivity contribution in [2.45, 2.75) is 13.8 Å². The van der Waals surface area contributed by atoms with Crippen LogP contribution in [-0.2, 0) is 0 Å². The van der Waals surface area contributed by atoms with Crippen LogP contribution in [0.1, 0.15) is 11.1 Å². The molecule has 3 nitrogen and oxygen atoms in total. The Labute approximate surface area is 112 Å². The van der Waals surface area contributed by atoms with E-state index in [1.165, 1.54) is 5.56 Å². The lowest BCUT2D eigenvalue weighted by Crippen LogP contribution is -1.97. The van der Waals surface area contributed by atoms with Crippen molar-refractivity contribution in [2.24, 2.45) is 0 Å². The molecule has 2 aromatic carbocycles. The van der Waals surface area contributed by atoms with Crippen molar-refractivity contribution in [2.75, 3.05) is 5.32 Å². The van der Waals surface area contributed by atoms with Crippen molar-refractivity contribution >= 4 is 22.5 Å². The number of para-hydroxylation sites is 1. The number of aryl methyl sites for hydroxylation is 2. The molecule has 0 aliphatic carbocycles. The SMILES string of the molecule is Cc1ccc(Nc2ncc3cccc(C)c3n2)cc1. The highest BCUT2D eigenvalue weighted by atomic mass is 15.1. The Morgan fingerprint density at radius 1 is 0.947 bits per heavy atom. The lowest BCUT2D eigenvalue weighted by atomic mass is 10.1. The summed E-state index contributed by atoms with van der Waals surface area (Å²) in [6.45, 7) is 4.13. The summed E-state index contributed by atoms with van der Waals surface area (Å²) in [5.41, 5.74) is 4.39. The quantitative estimate of drug-likeness (QED) is 0.746. The number of benzene rings is 2. The molecule has 0 radical (unpaired) electrons. The molecule has 1 aromatic heterocycles. The number of rotatable bonds is 2. The maximum atomic E-state index is 4.57. The second kappa shape index (κ2) is 4.69. The van der Waals surface area contributed by atoms with Crippen LogP contribution in [0.3, 0.4) is 0 Å². The Bertz CT molecular complexity index is 718. The topological polar surface area (TPSA) is 37.8 Å². The normalized spacial score (nSPS) is 10.6. The number of aromatic nitrogens is 2. The molecule has 3 aromatic rings. The molecule has 3 rings (SSSR count). The first-order chi connectivity index (χ1) is 9.22. The van der Waals surface area contributed by atoms with E-state index >= 15 is 0 Å². The van der Waals surface area contributed by atoms with Gasteiger partial charge in [-0.05, 0) is 31.5 Å². The second-order valence-corrected chi connectivity index (χ2v) is 4.70. The molecule has 0 fully saturated rings. The first-order valence-corrected chi connectivity index (χ1v) is 6.28. The zero-order valence-corrected chi connectivity index (χ0v) is 11.0. The van der Waals surface area contributed by atoms with Gasteiger partial charge in [-0.15, -0.1) is 0 Å². The van der Waals surface area contributed by atoms with Crippen LogP contribution in [0.2, 0.25) is 0 Å². The molecule has 0 amide bonds. The number of anilines is 2. The van der Waals surface area contributed by atoms with E-state index in [0.29, 0.717) is 5.95 Å². The first-order valence-electron chi connectivity index (χ1n) is 6.28. The molecule has 0 atom stereocenters. The highest BCUT2D eigenvalue weighted by molar-refractivity contribution is 5.82. The van der Waals surface area contributed by atoms with Crippen LogP contribution in [0.5, 0.6) is 0 Å². The Morgan fingerprint density at radius 3 is 2.53 bits per heavy atom. The summed E-state index contributed by atoms with van der Waals surface area (Å²) in [7, 11) is 0. The summed E-state index contributed by atoms with van der Waals surface area (Å²) in [5.74, 6) is 0.630. The minimum Gasteiger partial charge on any atom is -0.324 e. The number of nitrogens with one attached hydrogen (secondary N) is 1. The molecule has 0 unspecified atom stereocenters. The summed E-state index contributed by atoms with van der Waals surface area (Å²) in [4.78, 5) is 8.91. The van der Waals surface area contributed by atoms with Gasteiger partial charge >= 0.3 is 0 Å². The van der Waals surface area contributed by atoms with Gasteiger partial charge in [-0.1, -0.05) is 35.9 Å². The van der Waals surface area contributed by atoms with Gasteiger partial charge in [0.15, 0.2) is 0 Å². The fourth-order valence-corrected chi connectivity index (χ4v) is 2.03. The Balaban J connectivity index is 1.97. The van der Waals surface area contributed by atoms with Crippen LogP contribution in [-0.4, -0.2) is 9.97 Å². The fraction of sp³-hybridized carbons (Fsp3) is 0.125. The van der Waals surface area contributed by atoms with Gasteiger partial charge in [0.05, 0.1) is 5.52 Å². The number of fused-ring (bicyclic) bond motifs is 1. The second-order valence-electron chi connectivity index (χ2n) is 4.70. The molecule has 1 heterocycles. The van der Waals surface area contributed by atoms with Crippen molar-refractivity contribution in [3.8, 4) is 0 Å². The molecule has 94 valence electrons. The molecule has 0 saturated heterocycles. The maximum absolute atomic E-state index is 4.57. The van der Waals surface area contributed by atoms with Gasteiger partial charge in [0.1, 0.15) is 0 Å². The van der Waals surface area contributed by atoms with E-state index in [1.807, 2.05) is 30.5 Å².